The lowest BCUT2D eigenvalue weighted by atomic mass is 10.0. The molecule has 2 fully saturated rings. The third-order valence-corrected chi connectivity index (χ3v) is 6.17. The van der Waals surface area contributed by atoms with Crippen molar-refractivity contribution >= 4 is 29.9 Å². The maximum Gasteiger partial charge on any atom is 0.253 e. The molecule has 0 radical (unpaired) electrons. The summed E-state index contributed by atoms with van der Waals surface area (Å²) in [5.74, 6) is 0.171. The summed E-state index contributed by atoms with van der Waals surface area (Å²) in [6, 6.07) is 16.5. The molecular formula is C23H29Cl2N3O. The molecule has 1 amide bonds. The largest absolute Gasteiger partial charge is 0.339 e. The van der Waals surface area contributed by atoms with Gasteiger partial charge in [-0.1, -0.05) is 41.9 Å². The minimum absolute atomic E-state index is 0. The second-order valence-electron chi connectivity index (χ2n) is 7.77. The Bertz CT molecular complexity index is 823. The maximum absolute atomic E-state index is 12.9. The summed E-state index contributed by atoms with van der Waals surface area (Å²) in [4.78, 5) is 17.3. The molecule has 1 N–H and O–H groups in total. The highest BCUT2D eigenvalue weighted by atomic mass is 35.5. The van der Waals surface area contributed by atoms with Crippen LogP contribution in [0.2, 0.25) is 5.02 Å². The zero-order valence-electron chi connectivity index (χ0n) is 16.6. The molecule has 0 aliphatic carbocycles. The number of benzene rings is 2. The van der Waals surface area contributed by atoms with Crippen LogP contribution in [-0.2, 0) is 6.54 Å². The molecule has 0 aromatic heterocycles. The second-order valence-corrected chi connectivity index (χ2v) is 8.17. The first-order chi connectivity index (χ1) is 13.7. The quantitative estimate of drug-likeness (QED) is 0.768. The number of hydrogen-bond donors (Lipinski definition) is 1. The number of nitrogens with one attached hydrogen (secondary N) is 1. The van der Waals surface area contributed by atoms with Crippen molar-refractivity contribution in [3.8, 4) is 0 Å². The van der Waals surface area contributed by atoms with Crippen LogP contribution in [0.3, 0.4) is 0 Å². The van der Waals surface area contributed by atoms with Gasteiger partial charge in [0.2, 0.25) is 0 Å². The van der Waals surface area contributed by atoms with Crippen molar-refractivity contribution in [3.63, 3.8) is 0 Å². The average molecular weight is 434 g/mol. The van der Waals surface area contributed by atoms with Gasteiger partial charge in [0, 0.05) is 55.9 Å². The number of carbonyl (C=O) groups is 1. The predicted octanol–water partition coefficient (Wildman–Crippen LogP) is 4.53. The van der Waals surface area contributed by atoms with Crippen LogP contribution < -0.4 is 5.32 Å². The van der Waals surface area contributed by atoms with E-state index in [4.69, 9.17) is 11.6 Å². The number of halogens is 2. The van der Waals surface area contributed by atoms with Gasteiger partial charge in [0.15, 0.2) is 0 Å². The van der Waals surface area contributed by atoms with Gasteiger partial charge in [-0.05, 0) is 48.6 Å². The van der Waals surface area contributed by atoms with Crippen LogP contribution in [-0.4, -0.2) is 48.4 Å². The van der Waals surface area contributed by atoms with Crippen LogP contribution in [0.5, 0.6) is 0 Å². The topological polar surface area (TPSA) is 35.6 Å². The van der Waals surface area contributed by atoms with Crippen molar-refractivity contribution in [1.82, 2.24) is 15.1 Å². The number of nitrogens with zero attached hydrogens (tertiary/aromatic N) is 2. The molecule has 2 saturated heterocycles. The Morgan fingerprint density at radius 1 is 1.03 bits per heavy atom. The van der Waals surface area contributed by atoms with E-state index in [1.165, 1.54) is 12.0 Å². The summed E-state index contributed by atoms with van der Waals surface area (Å²) in [5.41, 5.74) is 3.16. The van der Waals surface area contributed by atoms with Crippen molar-refractivity contribution in [2.45, 2.75) is 31.8 Å². The summed E-state index contributed by atoms with van der Waals surface area (Å²) in [6.45, 7) is 5.40. The van der Waals surface area contributed by atoms with Crippen LogP contribution >= 0.6 is 24.0 Å². The molecule has 29 heavy (non-hydrogen) atoms. The zero-order chi connectivity index (χ0) is 19.3. The lowest BCUT2D eigenvalue weighted by Gasteiger charge is -2.37. The predicted molar refractivity (Wildman–Crippen MR) is 121 cm³/mol. The number of likely N-dealkylation sites (tertiary alicyclic amines) is 1. The molecule has 2 aromatic rings. The molecule has 4 rings (SSSR count). The highest BCUT2D eigenvalue weighted by Gasteiger charge is 2.26. The number of piperazine rings is 1. The summed E-state index contributed by atoms with van der Waals surface area (Å²) in [6.07, 6.45) is 3.47. The lowest BCUT2D eigenvalue weighted by Crippen LogP contribution is -2.45. The number of piperidine rings is 1. The second kappa shape index (κ2) is 10.4. The van der Waals surface area contributed by atoms with Gasteiger partial charge < -0.3 is 10.2 Å². The van der Waals surface area contributed by atoms with E-state index in [1.54, 1.807) is 0 Å². The van der Waals surface area contributed by atoms with E-state index in [9.17, 15) is 4.79 Å². The highest BCUT2D eigenvalue weighted by molar-refractivity contribution is 6.31. The summed E-state index contributed by atoms with van der Waals surface area (Å²) >= 11 is 6.47. The summed E-state index contributed by atoms with van der Waals surface area (Å²) in [5, 5.41) is 4.30. The molecule has 4 nitrogen and oxygen atoms in total. The minimum atomic E-state index is 0. The Morgan fingerprint density at radius 2 is 1.83 bits per heavy atom. The van der Waals surface area contributed by atoms with Crippen LogP contribution in [0.1, 0.15) is 46.8 Å². The van der Waals surface area contributed by atoms with Crippen molar-refractivity contribution in [3.05, 3.63) is 70.2 Å². The number of rotatable bonds is 4. The Balaban J connectivity index is 0.00000240. The molecule has 2 aliphatic heterocycles. The molecule has 2 aliphatic rings. The first-order valence-corrected chi connectivity index (χ1v) is 10.7. The van der Waals surface area contributed by atoms with Crippen LogP contribution in [0.15, 0.2) is 48.5 Å². The molecule has 156 valence electrons. The third kappa shape index (κ3) is 5.32. The SMILES string of the molecule is Cl.O=C(c1cccc(CN2CCNCC2c2ccccc2Cl)c1)N1CCCCC1. The highest BCUT2D eigenvalue weighted by Crippen LogP contribution is 2.29. The Morgan fingerprint density at radius 3 is 2.62 bits per heavy atom. The molecule has 0 bridgehead atoms. The number of hydrogen-bond acceptors (Lipinski definition) is 3. The van der Waals surface area contributed by atoms with Gasteiger partial charge in [-0.25, -0.2) is 0 Å². The van der Waals surface area contributed by atoms with Gasteiger partial charge in [0.25, 0.3) is 5.91 Å². The van der Waals surface area contributed by atoms with E-state index in [0.29, 0.717) is 0 Å². The minimum Gasteiger partial charge on any atom is -0.339 e. The maximum atomic E-state index is 12.9. The fourth-order valence-electron chi connectivity index (χ4n) is 4.30. The van der Waals surface area contributed by atoms with E-state index < -0.39 is 0 Å². The zero-order valence-corrected chi connectivity index (χ0v) is 18.2. The van der Waals surface area contributed by atoms with Gasteiger partial charge in [-0.2, -0.15) is 0 Å². The Hall–Kier alpha value is -1.59. The molecule has 2 heterocycles. The van der Waals surface area contributed by atoms with E-state index in [1.807, 2.05) is 35.2 Å². The van der Waals surface area contributed by atoms with Crippen molar-refractivity contribution < 1.29 is 4.79 Å². The summed E-state index contributed by atoms with van der Waals surface area (Å²) < 4.78 is 0. The molecule has 2 aromatic carbocycles. The fraction of sp³-hybridized carbons (Fsp3) is 0.435. The lowest BCUT2D eigenvalue weighted by molar-refractivity contribution is 0.0724. The molecular weight excluding hydrogens is 405 g/mol. The molecule has 0 saturated carbocycles. The molecule has 6 heteroatoms. The van der Waals surface area contributed by atoms with Gasteiger partial charge in [0.05, 0.1) is 0 Å². The molecule has 1 atom stereocenters. The van der Waals surface area contributed by atoms with E-state index in [0.717, 1.165) is 68.3 Å². The Labute approximate surface area is 184 Å². The molecule has 1 unspecified atom stereocenters. The van der Waals surface area contributed by atoms with Crippen LogP contribution in [0, 0.1) is 0 Å². The van der Waals surface area contributed by atoms with E-state index in [-0.39, 0.29) is 24.4 Å². The van der Waals surface area contributed by atoms with Gasteiger partial charge >= 0.3 is 0 Å². The normalized spacial score (nSPS) is 20.2. The third-order valence-electron chi connectivity index (χ3n) is 5.82. The van der Waals surface area contributed by atoms with Gasteiger partial charge in [-0.15, -0.1) is 12.4 Å². The van der Waals surface area contributed by atoms with Gasteiger partial charge in [0.1, 0.15) is 0 Å². The Kier molecular flexibility index (Phi) is 7.96. The monoisotopic (exact) mass is 433 g/mol. The average Bonchev–Trinajstić information content (AvgIpc) is 2.75. The van der Waals surface area contributed by atoms with Crippen LogP contribution in [0.4, 0.5) is 0 Å². The van der Waals surface area contributed by atoms with Crippen molar-refractivity contribution in [2.24, 2.45) is 0 Å². The van der Waals surface area contributed by atoms with E-state index in [2.05, 4.69) is 28.4 Å². The number of amides is 1. The number of carbonyl (C=O) groups excluding carboxylic acids is 1. The van der Waals surface area contributed by atoms with E-state index >= 15 is 0 Å². The molecule has 0 spiro atoms. The first-order valence-electron chi connectivity index (χ1n) is 10.3. The van der Waals surface area contributed by atoms with Crippen molar-refractivity contribution in [2.75, 3.05) is 32.7 Å². The fourth-order valence-corrected chi connectivity index (χ4v) is 4.57. The van der Waals surface area contributed by atoms with Gasteiger partial charge in [-0.3, -0.25) is 9.69 Å². The first kappa shape index (κ1) is 22.1. The van der Waals surface area contributed by atoms with Crippen LogP contribution in [0.25, 0.3) is 0 Å². The smallest absolute Gasteiger partial charge is 0.253 e. The standard InChI is InChI=1S/C23H28ClN3O.ClH/c24-21-10-3-2-9-20(21)22-16-25-11-14-27(22)17-18-7-6-8-19(15-18)23(28)26-12-4-1-5-13-26;/h2-3,6-10,15,22,25H,1,4-5,11-14,16-17H2;1H. The summed E-state index contributed by atoms with van der Waals surface area (Å²) in [7, 11) is 0. The van der Waals surface area contributed by atoms with Crippen molar-refractivity contribution in [1.29, 1.82) is 0 Å².